The van der Waals surface area contributed by atoms with Crippen LogP contribution in [0.1, 0.15) is 27.2 Å². The van der Waals surface area contributed by atoms with Gasteiger partial charge in [-0.25, -0.2) is 12.7 Å². The van der Waals surface area contributed by atoms with Gasteiger partial charge in [0.25, 0.3) is 0 Å². The van der Waals surface area contributed by atoms with Crippen molar-refractivity contribution in [1.82, 2.24) is 9.21 Å². The molecule has 1 amide bonds. The molecule has 1 aromatic carbocycles. The summed E-state index contributed by atoms with van der Waals surface area (Å²) in [5.41, 5.74) is -0.229. The van der Waals surface area contributed by atoms with E-state index in [0.29, 0.717) is 25.3 Å². The van der Waals surface area contributed by atoms with Crippen molar-refractivity contribution in [2.45, 2.75) is 32.7 Å². The average Bonchev–Trinajstić information content (AvgIpc) is 2.89. The highest BCUT2D eigenvalue weighted by Gasteiger charge is 2.37. The van der Waals surface area contributed by atoms with Crippen molar-refractivity contribution in [2.75, 3.05) is 32.5 Å². The highest BCUT2D eigenvalue weighted by atomic mass is 32.2. The van der Waals surface area contributed by atoms with Crippen LogP contribution in [0.5, 0.6) is 5.75 Å². The molecule has 6 nitrogen and oxygen atoms in total. The van der Waals surface area contributed by atoms with Crippen LogP contribution in [0.15, 0.2) is 30.3 Å². The highest BCUT2D eigenvalue weighted by molar-refractivity contribution is 7.89. The smallest absolute Gasteiger partial charge is 0.223 e. The second-order valence-electron chi connectivity index (χ2n) is 7.50. The molecule has 1 unspecified atom stereocenters. The first kappa shape index (κ1) is 19.7. The second-order valence-corrected chi connectivity index (χ2v) is 9.70. The van der Waals surface area contributed by atoms with Crippen LogP contribution in [-0.2, 0) is 14.8 Å². The van der Waals surface area contributed by atoms with Crippen molar-refractivity contribution in [3.05, 3.63) is 30.3 Å². The summed E-state index contributed by atoms with van der Waals surface area (Å²) >= 11 is 0. The van der Waals surface area contributed by atoms with E-state index in [2.05, 4.69) is 0 Å². The zero-order chi connectivity index (χ0) is 18.7. The number of ether oxygens (including phenoxy) is 1. The Bertz CT molecular complexity index is 683. The first-order chi connectivity index (χ1) is 11.6. The third-order valence-electron chi connectivity index (χ3n) is 4.36. The van der Waals surface area contributed by atoms with Crippen LogP contribution in [0, 0.1) is 5.92 Å². The fourth-order valence-corrected chi connectivity index (χ4v) is 4.01. The number of rotatable bonds is 7. The zero-order valence-corrected chi connectivity index (χ0v) is 16.3. The summed E-state index contributed by atoms with van der Waals surface area (Å²) in [6.07, 6.45) is 0.400. The lowest BCUT2D eigenvalue weighted by molar-refractivity contribution is -0.131. The number of benzene rings is 1. The van der Waals surface area contributed by atoms with Gasteiger partial charge in [-0.3, -0.25) is 4.79 Å². The lowest BCUT2D eigenvalue weighted by atomic mass is 10.1. The molecule has 1 atom stereocenters. The summed E-state index contributed by atoms with van der Waals surface area (Å²) in [5, 5.41) is 0. The number of hydrogen-bond donors (Lipinski definition) is 0. The summed E-state index contributed by atoms with van der Waals surface area (Å²) in [4.78, 5) is 14.0. The molecule has 0 aliphatic carbocycles. The van der Waals surface area contributed by atoms with E-state index in [9.17, 15) is 13.2 Å². The molecule has 0 spiro atoms. The standard InChI is InChI=1S/C18H28N2O4S/c1-18(2,3)20-14-15(12-17(20)21)13-19(4)25(22,23)11-10-24-16-8-6-5-7-9-16/h5-9,15H,10-14H2,1-4H3. The Morgan fingerprint density at radius 3 is 2.44 bits per heavy atom. The van der Waals surface area contributed by atoms with Crippen molar-refractivity contribution < 1.29 is 17.9 Å². The monoisotopic (exact) mass is 368 g/mol. The van der Waals surface area contributed by atoms with E-state index in [1.54, 1.807) is 19.2 Å². The molecular formula is C18H28N2O4S. The van der Waals surface area contributed by atoms with Gasteiger partial charge in [0, 0.05) is 32.1 Å². The van der Waals surface area contributed by atoms with Crippen LogP contribution < -0.4 is 4.74 Å². The number of likely N-dealkylation sites (tertiary alicyclic amines) is 1. The lowest BCUT2D eigenvalue weighted by Gasteiger charge is -2.32. The Morgan fingerprint density at radius 1 is 1.24 bits per heavy atom. The van der Waals surface area contributed by atoms with Gasteiger partial charge >= 0.3 is 0 Å². The molecule has 1 aliphatic rings. The van der Waals surface area contributed by atoms with E-state index in [-0.39, 0.29) is 29.7 Å². The molecule has 1 aliphatic heterocycles. The molecular weight excluding hydrogens is 340 g/mol. The molecule has 0 radical (unpaired) electrons. The third kappa shape index (κ3) is 5.44. The van der Waals surface area contributed by atoms with Gasteiger partial charge in [-0.05, 0) is 38.8 Å². The van der Waals surface area contributed by atoms with Gasteiger partial charge in [0.15, 0.2) is 0 Å². The maximum Gasteiger partial charge on any atom is 0.223 e. The van der Waals surface area contributed by atoms with Gasteiger partial charge in [0.05, 0.1) is 5.75 Å². The predicted molar refractivity (Wildman–Crippen MR) is 97.9 cm³/mol. The van der Waals surface area contributed by atoms with Crippen molar-refractivity contribution in [3.63, 3.8) is 0 Å². The van der Waals surface area contributed by atoms with Crippen LogP contribution in [0.3, 0.4) is 0 Å². The number of nitrogens with zero attached hydrogens (tertiary/aromatic N) is 2. The average molecular weight is 368 g/mol. The van der Waals surface area contributed by atoms with Crippen LogP contribution >= 0.6 is 0 Å². The first-order valence-corrected chi connectivity index (χ1v) is 10.1. The molecule has 2 rings (SSSR count). The molecule has 1 fully saturated rings. The Labute approximate surface area is 150 Å². The summed E-state index contributed by atoms with van der Waals surface area (Å²) in [5.74, 6) is 0.696. The van der Waals surface area contributed by atoms with Crippen molar-refractivity contribution in [3.8, 4) is 5.75 Å². The van der Waals surface area contributed by atoms with E-state index in [0.717, 1.165) is 0 Å². The predicted octanol–water partition coefficient (Wildman–Crippen LogP) is 1.97. The van der Waals surface area contributed by atoms with E-state index < -0.39 is 10.0 Å². The van der Waals surface area contributed by atoms with Gasteiger partial charge in [0.1, 0.15) is 12.4 Å². The van der Waals surface area contributed by atoms with Gasteiger partial charge in [-0.15, -0.1) is 0 Å². The van der Waals surface area contributed by atoms with Crippen molar-refractivity contribution in [2.24, 2.45) is 5.92 Å². The molecule has 1 aromatic rings. The summed E-state index contributed by atoms with van der Waals surface area (Å²) < 4.78 is 31.7. The molecule has 0 aromatic heterocycles. The fraction of sp³-hybridized carbons (Fsp3) is 0.611. The summed E-state index contributed by atoms with van der Waals surface area (Å²) in [6.45, 7) is 7.04. The fourth-order valence-electron chi connectivity index (χ4n) is 2.97. The maximum absolute atomic E-state index is 12.4. The Hall–Kier alpha value is -1.60. The number of sulfonamides is 1. The first-order valence-electron chi connectivity index (χ1n) is 8.52. The zero-order valence-electron chi connectivity index (χ0n) is 15.4. The minimum Gasteiger partial charge on any atom is -0.492 e. The summed E-state index contributed by atoms with van der Waals surface area (Å²) in [6, 6.07) is 9.15. The van der Waals surface area contributed by atoms with Crippen LogP contribution in [-0.4, -0.2) is 61.6 Å². The van der Waals surface area contributed by atoms with Gasteiger partial charge in [-0.1, -0.05) is 18.2 Å². The number of hydrogen-bond acceptors (Lipinski definition) is 4. The van der Waals surface area contributed by atoms with Crippen LogP contribution in [0.4, 0.5) is 0 Å². The topological polar surface area (TPSA) is 66.9 Å². The summed E-state index contributed by atoms with van der Waals surface area (Å²) in [7, 11) is -1.84. The Kier molecular flexibility index (Phi) is 6.11. The third-order valence-corrected chi connectivity index (χ3v) is 6.14. The quantitative estimate of drug-likeness (QED) is 0.738. The van der Waals surface area contributed by atoms with Crippen LogP contribution in [0.2, 0.25) is 0 Å². The lowest BCUT2D eigenvalue weighted by Crippen LogP contribution is -2.43. The molecule has 0 N–H and O–H groups in total. The highest BCUT2D eigenvalue weighted by Crippen LogP contribution is 2.26. The molecule has 25 heavy (non-hydrogen) atoms. The maximum atomic E-state index is 12.4. The number of amides is 1. The largest absolute Gasteiger partial charge is 0.492 e. The van der Waals surface area contributed by atoms with Crippen molar-refractivity contribution >= 4 is 15.9 Å². The molecule has 7 heteroatoms. The Morgan fingerprint density at radius 2 is 1.88 bits per heavy atom. The van der Waals surface area contributed by atoms with Crippen molar-refractivity contribution in [1.29, 1.82) is 0 Å². The normalized spacial score (nSPS) is 18.8. The van der Waals surface area contributed by atoms with E-state index in [1.807, 2.05) is 43.9 Å². The molecule has 0 saturated carbocycles. The van der Waals surface area contributed by atoms with Crippen LogP contribution in [0.25, 0.3) is 0 Å². The molecule has 140 valence electrons. The molecule has 0 bridgehead atoms. The minimum atomic E-state index is -3.41. The molecule has 1 heterocycles. The van der Waals surface area contributed by atoms with E-state index in [1.165, 1.54) is 4.31 Å². The van der Waals surface area contributed by atoms with Gasteiger partial charge < -0.3 is 9.64 Å². The van der Waals surface area contributed by atoms with E-state index >= 15 is 0 Å². The minimum absolute atomic E-state index is 0.0292. The molecule has 1 saturated heterocycles. The number of carbonyl (C=O) groups excluding carboxylic acids is 1. The second kappa shape index (κ2) is 7.74. The number of para-hydroxylation sites is 1. The number of carbonyl (C=O) groups is 1. The van der Waals surface area contributed by atoms with E-state index in [4.69, 9.17) is 4.74 Å². The van der Waals surface area contributed by atoms with Gasteiger partial charge in [0.2, 0.25) is 15.9 Å². The SMILES string of the molecule is CN(CC1CC(=O)N(C(C)(C)C)C1)S(=O)(=O)CCOc1ccccc1. The van der Waals surface area contributed by atoms with Gasteiger partial charge in [-0.2, -0.15) is 0 Å². The Balaban J connectivity index is 1.85.